The monoisotopic (exact) mass is 307 g/mol. The average Bonchev–Trinajstić information content (AvgIpc) is 2.87. The Balaban J connectivity index is 2.90. The van der Waals surface area contributed by atoms with Crippen LogP contribution in [0.1, 0.15) is 38.8 Å². The number of aromatic nitrogens is 2. The lowest BCUT2D eigenvalue weighted by atomic mass is 9.93. The number of halogens is 3. The minimum atomic E-state index is -4.43. The van der Waals surface area contributed by atoms with Crippen LogP contribution >= 0.6 is 0 Å². The number of carbonyl (C=O) groups excluding carboxylic acids is 1. The molecular weight excluding hydrogens is 287 g/mol. The molecule has 1 N–H and O–H groups in total. The van der Waals surface area contributed by atoms with Gasteiger partial charge in [0.25, 0.3) is 0 Å². The molecule has 1 aromatic rings. The predicted molar refractivity (Wildman–Crippen MR) is 70.7 cm³/mol. The Hall–Kier alpha value is -1.57. The summed E-state index contributed by atoms with van der Waals surface area (Å²) in [7, 11) is 1.28. The van der Waals surface area contributed by atoms with Crippen LogP contribution in [0.4, 0.5) is 13.2 Å². The van der Waals surface area contributed by atoms with Gasteiger partial charge in [-0.05, 0) is 26.8 Å². The summed E-state index contributed by atoms with van der Waals surface area (Å²) >= 11 is 0. The molecule has 0 amide bonds. The molecule has 0 aliphatic heterocycles. The number of hydrogen-bond acceptors (Lipinski definition) is 4. The molecule has 0 radical (unpaired) electrons. The molecule has 21 heavy (non-hydrogen) atoms. The first kappa shape index (κ1) is 17.5. The Bertz CT molecular complexity index is 487. The molecule has 0 aromatic carbocycles. The van der Waals surface area contributed by atoms with E-state index >= 15 is 0 Å². The highest BCUT2D eigenvalue weighted by molar-refractivity contribution is 5.80. The minimum Gasteiger partial charge on any atom is -0.468 e. The number of hydrogen-bond donors (Lipinski definition) is 1. The number of esters is 1. The molecule has 0 saturated heterocycles. The zero-order valence-corrected chi connectivity index (χ0v) is 12.5. The second-order valence-corrected chi connectivity index (χ2v) is 5.11. The van der Waals surface area contributed by atoms with Crippen molar-refractivity contribution in [3.63, 3.8) is 0 Å². The number of methoxy groups -OCH3 is 1. The molecule has 0 aliphatic carbocycles. The van der Waals surface area contributed by atoms with Crippen molar-refractivity contribution in [2.45, 2.75) is 44.9 Å². The van der Waals surface area contributed by atoms with Crippen LogP contribution in [-0.4, -0.2) is 34.9 Å². The molecular formula is C13H20F3N3O2. The smallest absolute Gasteiger partial charge is 0.419 e. The maximum Gasteiger partial charge on any atom is 0.419 e. The van der Waals surface area contributed by atoms with Crippen molar-refractivity contribution in [1.29, 1.82) is 0 Å². The molecule has 0 fully saturated rings. The van der Waals surface area contributed by atoms with Crippen molar-refractivity contribution in [3.8, 4) is 0 Å². The standard InChI is InChI=1S/C13H20F3N3O2/c1-5-17-12(3,11(20)21-4)6-9(2)19-8-10(7-18-19)13(14,15)16/h7-9,17H,5-6H2,1-4H3. The lowest BCUT2D eigenvalue weighted by Crippen LogP contribution is -2.51. The zero-order valence-electron chi connectivity index (χ0n) is 12.5. The number of ether oxygens (including phenoxy) is 1. The van der Waals surface area contributed by atoms with Gasteiger partial charge in [-0.2, -0.15) is 18.3 Å². The van der Waals surface area contributed by atoms with E-state index in [2.05, 4.69) is 10.4 Å². The van der Waals surface area contributed by atoms with E-state index in [0.717, 1.165) is 12.4 Å². The summed E-state index contributed by atoms with van der Waals surface area (Å²) in [6.07, 6.45) is -2.45. The summed E-state index contributed by atoms with van der Waals surface area (Å²) in [5.41, 5.74) is -1.79. The molecule has 1 rings (SSSR count). The van der Waals surface area contributed by atoms with Gasteiger partial charge in [-0.15, -0.1) is 0 Å². The van der Waals surface area contributed by atoms with E-state index in [1.165, 1.54) is 11.8 Å². The predicted octanol–water partition coefficient (Wildman–Crippen LogP) is 2.39. The van der Waals surface area contributed by atoms with E-state index in [1.54, 1.807) is 13.8 Å². The molecule has 1 aromatic heterocycles. The largest absolute Gasteiger partial charge is 0.468 e. The third-order valence-electron chi connectivity index (χ3n) is 3.29. The van der Waals surface area contributed by atoms with Gasteiger partial charge in [-0.3, -0.25) is 9.48 Å². The second-order valence-electron chi connectivity index (χ2n) is 5.11. The first-order valence-corrected chi connectivity index (χ1v) is 6.59. The summed E-state index contributed by atoms with van der Waals surface area (Å²) in [6, 6.07) is -0.399. The normalized spacial score (nSPS) is 16.3. The van der Waals surface area contributed by atoms with Crippen LogP contribution in [0, 0.1) is 0 Å². The Kier molecular flexibility index (Phi) is 5.38. The summed E-state index contributed by atoms with van der Waals surface area (Å²) in [6.45, 7) is 5.73. The number of nitrogens with zero attached hydrogens (tertiary/aromatic N) is 2. The third-order valence-corrected chi connectivity index (χ3v) is 3.29. The quantitative estimate of drug-likeness (QED) is 0.820. The number of nitrogens with one attached hydrogen (secondary N) is 1. The lowest BCUT2D eigenvalue weighted by Gasteiger charge is -2.30. The Morgan fingerprint density at radius 3 is 2.57 bits per heavy atom. The van der Waals surface area contributed by atoms with Crippen LogP contribution in [0.3, 0.4) is 0 Å². The van der Waals surface area contributed by atoms with Crippen molar-refractivity contribution in [2.75, 3.05) is 13.7 Å². The second kappa shape index (κ2) is 6.46. The van der Waals surface area contributed by atoms with E-state index < -0.39 is 29.3 Å². The molecule has 0 spiro atoms. The van der Waals surface area contributed by atoms with Crippen LogP contribution in [0.2, 0.25) is 0 Å². The van der Waals surface area contributed by atoms with Gasteiger partial charge in [0.2, 0.25) is 0 Å². The molecule has 0 aliphatic rings. The van der Waals surface area contributed by atoms with Crippen molar-refractivity contribution >= 4 is 5.97 Å². The van der Waals surface area contributed by atoms with Crippen LogP contribution in [0.15, 0.2) is 12.4 Å². The van der Waals surface area contributed by atoms with Gasteiger partial charge in [0, 0.05) is 6.20 Å². The molecule has 0 bridgehead atoms. The molecule has 5 nitrogen and oxygen atoms in total. The fourth-order valence-electron chi connectivity index (χ4n) is 2.25. The topological polar surface area (TPSA) is 56.2 Å². The Labute approximate surface area is 121 Å². The van der Waals surface area contributed by atoms with Gasteiger partial charge >= 0.3 is 12.1 Å². The van der Waals surface area contributed by atoms with Crippen LogP contribution in [0.25, 0.3) is 0 Å². The average molecular weight is 307 g/mol. The Morgan fingerprint density at radius 2 is 2.14 bits per heavy atom. The van der Waals surface area contributed by atoms with Gasteiger partial charge in [0.15, 0.2) is 0 Å². The highest BCUT2D eigenvalue weighted by Crippen LogP contribution is 2.30. The van der Waals surface area contributed by atoms with Crippen molar-refractivity contribution in [3.05, 3.63) is 18.0 Å². The number of carbonyl (C=O) groups is 1. The molecule has 2 unspecified atom stereocenters. The van der Waals surface area contributed by atoms with Gasteiger partial charge in [0.1, 0.15) is 5.54 Å². The van der Waals surface area contributed by atoms with Crippen molar-refractivity contribution in [2.24, 2.45) is 0 Å². The number of likely N-dealkylation sites (N-methyl/N-ethyl adjacent to an activating group) is 1. The maximum atomic E-state index is 12.6. The number of rotatable bonds is 6. The van der Waals surface area contributed by atoms with E-state index in [0.29, 0.717) is 6.54 Å². The molecule has 8 heteroatoms. The summed E-state index contributed by atoms with van der Waals surface area (Å²) in [4.78, 5) is 11.9. The number of alkyl halides is 3. The Morgan fingerprint density at radius 1 is 1.52 bits per heavy atom. The SMILES string of the molecule is CCNC(C)(CC(C)n1cc(C(F)(F)F)cn1)C(=O)OC. The summed E-state index contributed by atoms with van der Waals surface area (Å²) in [5.74, 6) is -0.459. The fourth-order valence-corrected chi connectivity index (χ4v) is 2.25. The molecule has 1 heterocycles. The van der Waals surface area contributed by atoms with Gasteiger partial charge in [0.05, 0.1) is 24.9 Å². The molecule has 120 valence electrons. The lowest BCUT2D eigenvalue weighted by molar-refractivity contribution is -0.148. The summed E-state index contributed by atoms with van der Waals surface area (Å²) < 4.78 is 43.7. The zero-order chi connectivity index (χ0) is 16.3. The van der Waals surface area contributed by atoms with Crippen molar-refractivity contribution in [1.82, 2.24) is 15.1 Å². The molecule has 2 atom stereocenters. The van der Waals surface area contributed by atoms with Gasteiger partial charge in [-0.1, -0.05) is 6.92 Å². The highest BCUT2D eigenvalue weighted by atomic mass is 19.4. The van der Waals surface area contributed by atoms with E-state index in [1.807, 2.05) is 6.92 Å². The van der Waals surface area contributed by atoms with E-state index in [-0.39, 0.29) is 6.42 Å². The fraction of sp³-hybridized carbons (Fsp3) is 0.692. The van der Waals surface area contributed by atoms with Gasteiger partial charge < -0.3 is 10.1 Å². The van der Waals surface area contributed by atoms with Crippen LogP contribution in [0.5, 0.6) is 0 Å². The van der Waals surface area contributed by atoms with Crippen LogP contribution < -0.4 is 5.32 Å². The van der Waals surface area contributed by atoms with E-state index in [9.17, 15) is 18.0 Å². The highest BCUT2D eigenvalue weighted by Gasteiger charge is 2.37. The van der Waals surface area contributed by atoms with E-state index in [4.69, 9.17) is 4.74 Å². The first-order chi connectivity index (χ1) is 9.64. The van der Waals surface area contributed by atoms with Crippen LogP contribution in [-0.2, 0) is 15.7 Å². The first-order valence-electron chi connectivity index (χ1n) is 6.59. The minimum absolute atomic E-state index is 0.256. The third kappa shape index (κ3) is 4.20. The maximum absolute atomic E-state index is 12.6. The van der Waals surface area contributed by atoms with Gasteiger partial charge in [-0.25, -0.2) is 0 Å². The van der Waals surface area contributed by atoms with Crippen molar-refractivity contribution < 1.29 is 22.7 Å². The summed E-state index contributed by atoms with van der Waals surface area (Å²) in [5, 5.41) is 6.74. The molecule has 0 saturated carbocycles.